The van der Waals surface area contributed by atoms with Crippen LogP contribution in [-0.4, -0.2) is 21.9 Å². The summed E-state index contributed by atoms with van der Waals surface area (Å²) in [6, 6.07) is 9.86. The van der Waals surface area contributed by atoms with Crippen molar-refractivity contribution >= 4 is 17.4 Å². The van der Waals surface area contributed by atoms with E-state index in [4.69, 9.17) is 0 Å². The fourth-order valence-corrected chi connectivity index (χ4v) is 2.67. The number of aryl methyl sites for hydroxylation is 1. The highest BCUT2D eigenvalue weighted by Gasteiger charge is 2.16. The van der Waals surface area contributed by atoms with Crippen LogP contribution in [0.15, 0.2) is 36.7 Å². The van der Waals surface area contributed by atoms with Crippen LogP contribution in [0.2, 0.25) is 0 Å². The van der Waals surface area contributed by atoms with Crippen LogP contribution in [0.1, 0.15) is 41.7 Å². The lowest BCUT2D eigenvalue weighted by molar-refractivity contribution is 0.102. The Hall–Kier alpha value is -2.43. The number of anilines is 2. The van der Waals surface area contributed by atoms with E-state index in [1.165, 1.54) is 19.2 Å². The maximum atomic E-state index is 12.3. The van der Waals surface area contributed by atoms with E-state index in [1.54, 1.807) is 6.07 Å². The first-order chi connectivity index (χ1) is 10.7. The van der Waals surface area contributed by atoms with Crippen LogP contribution in [-0.2, 0) is 0 Å². The lowest BCUT2D eigenvalue weighted by atomic mass is 10.2. The molecule has 114 valence electrons. The molecule has 1 fully saturated rings. The zero-order valence-electron chi connectivity index (χ0n) is 12.7. The molecule has 1 amide bonds. The van der Waals surface area contributed by atoms with Gasteiger partial charge < -0.3 is 10.6 Å². The molecule has 1 aliphatic carbocycles. The molecule has 2 aromatic rings. The fraction of sp³-hybridized carbons (Fsp3) is 0.353. The third kappa shape index (κ3) is 3.61. The van der Waals surface area contributed by atoms with Crippen LogP contribution >= 0.6 is 0 Å². The summed E-state index contributed by atoms with van der Waals surface area (Å²) in [7, 11) is 0. The second kappa shape index (κ2) is 6.56. The van der Waals surface area contributed by atoms with Gasteiger partial charge in [0.1, 0.15) is 17.8 Å². The summed E-state index contributed by atoms with van der Waals surface area (Å²) in [6.07, 6.45) is 6.26. The number of benzene rings is 1. The van der Waals surface area contributed by atoms with Gasteiger partial charge in [-0.1, -0.05) is 30.5 Å². The number of carbonyl (C=O) groups excluding carboxylic acids is 1. The summed E-state index contributed by atoms with van der Waals surface area (Å²) in [6.45, 7) is 2.01. The first kappa shape index (κ1) is 14.5. The second-order valence-corrected chi connectivity index (χ2v) is 5.73. The predicted molar refractivity (Wildman–Crippen MR) is 87.0 cm³/mol. The van der Waals surface area contributed by atoms with Gasteiger partial charge in [-0.2, -0.15) is 0 Å². The van der Waals surface area contributed by atoms with Crippen LogP contribution in [0.25, 0.3) is 0 Å². The van der Waals surface area contributed by atoms with Crippen LogP contribution in [0.5, 0.6) is 0 Å². The first-order valence-electron chi connectivity index (χ1n) is 7.67. The molecule has 0 unspecified atom stereocenters. The van der Waals surface area contributed by atoms with E-state index >= 15 is 0 Å². The van der Waals surface area contributed by atoms with Gasteiger partial charge in [0, 0.05) is 17.8 Å². The van der Waals surface area contributed by atoms with Gasteiger partial charge in [0.25, 0.3) is 5.91 Å². The molecule has 1 saturated carbocycles. The molecule has 0 saturated heterocycles. The van der Waals surface area contributed by atoms with Crippen molar-refractivity contribution in [2.24, 2.45) is 0 Å². The Morgan fingerprint density at radius 3 is 2.59 bits per heavy atom. The number of aromatic nitrogens is 2. The highest BCUT2D eigenvalue weighted by Crippen LogP contribution is 2.21. The molecular weight excluding hydrogens is 276 g/mol. The minimum absolute atomic E-state index is 0.222. The standard InChI is InChI=1S/C17H20N4O/c1-12-6-8-14(9-7-12)21-17(22)15-10-16(19-11-18-15)20-13-4-2-3-5-13/h6-11,13H,2-5H2,1H3,(H,21,22)(H,18,19,20). The SMILES string of the molecule is Cc1ccc(NC(=O)c2cc(NC3CCCC3)ncn2)cc1. The van der Waals surface area contributed by atoms with E-state index in [-0.39, 0.29) is 5.91 Å². The maximum absolute atomic E-state index is 12.3. The van der Waals surface area contributed by atoms with Gasteiger partial charge in [0.2, 0.25) is 0 Å². The molecule has 2 N–H and O–H groups in total. The average Bonchev–Trinajstić information content (AvgIpc) is 3.03. The zero-order chi connectivity index (χ0) is 15.4. The minimum Gasteiger partial charge on any atom is -0.367 e. The average molecular weight is 296 g/mol. The molecule has 0 aliphatic heterocycles. The molecule has 1 aromatic heterocycles. The van der Waals surface area contributed by atoms with Gasteiger partial charge in [-0.15, -0.1) is 0 Å². The van der Waals surface area contributed by atoms with Gasteiger partial charge in [0.05, 0.1) is 0 Å². The van der Waals surface area contributed by atoms with E-state index in [9.17, 15) is 4.79 Å². The number of amides is 1. The Balaban J connectivity index is 1.67. The number of nitrogens with one attached hydrogen (secondary N) is 2. The molecule has 0 bridgehead atoms. The third-order valence-electron chi connectivity index (χ3n) is 3.92. The number of hydrogen-bond acceptors (Lipinski definition) is 4. The molecule has 0 radical (unpaired) electrons. The van der Waals surface area contributed by atoms with E-state index in [1.807, 2.05) is 31.2 Å². The van der Waals surface area contributed by atoms with Crippen LogP contribution in [0.3, 0.4) is 0 Å². The molecule has 0 spiro atoms. The minimum atomic E-state index is -0.222. The zero-order valence-corrected chi connectivity index (χ0v) is 12.7. The first-order valence-corrected chi connectivity index (χ1v) is 7.67. The largest absolute Gasteiger partial charge is 0.367 e. The van der Waals surface area contributed by atoms with Crippen molar-refractivity contribution in [3.05, 3.63) is 47.9 Å². The second-order valence-electron chi connectivity index (χ2n) is 5.73. The Bertz CT molecular complexity index is 648. The summed E-state index contributed by atoms with van der Waals surface area (Å²) < 4.78 is 0. The molecule has 0 atom stereocenters. The normalized spacial score (nSPS) is 14.8. The van der Waals surface area contributed by atoms with Crippen molar-refractivity contribution in [3.63, 3.8) is 0 Å². The fourth-order valence-electron chi connectivity index (χ4n) is 2.67. The summed E-state index contributed by atoms with van der Waals surface area (Å²) in [5.41, 5.74) is 2.29. The summed E-state index contributed by atoms with van der Waals surface area (Å²) in [4.78, 5) is 20.5. The van der Waals surface area contributed by atoms with E-state index in [0.717, 1.165) is 29.9 Å². The van der Waals surface area contributed by atoms with Crippen molar-refractivity contribution in [1.29, 1.82) is 0 Å². The van der Waals surface area contributed by atoms with Gasteiger partial charge in [-0.25, -0.2) is 9.97 Å². The van der Waals surface area contributed by atoms with Gasteiger partial charge >= 0.3 is 0 Å². The molecule has 22 heavy (non-hydrogen) atoms. The summed E-state index contributed by atoms with van der Waals surface area (Å²) >= 11 is 0. The molecule has 3 rings (SSSR count). The molecule has 1 aromatic carbocycles. The van der Waals surface area contributed by atoms with Crippen molar-refractivity contribution in [3.8, 4) is 0 Å². The predicted octanol–water partition coefficient (Wildman–Crippen LogP) is 3.39. The van der Waals surface area contributed by atoms with Gasteiger partial charge in [0.15, 0.2) is 0 Å². The van der Waals surface area contributed by atoms with Gasteiger partial charge in [-0.05, 0) is 31.9 Å². The van der Waals surface area contributed by atoms with Crippen LogP contribution in [0, 0.1) is 6.92 Å². The molecule has 1 heterocycles. The monoisotopic (exact) mass is 296 g/mol. The van der Waals surface area contributed by atoms with E-state index < -0.39 is 0 Å². The Labute approximate surface area is 130 Å². The quantitative estimate of drug-likeness (QED) is 0.907. The number of rotatable bonds is 4. The van der Waals surface area contributed by atoms with Crippen LogP contribution < -0.4 is 10.6 Å². The highest BCUT2D eigenvalue weighted by molar-refractivity contribution is 6.03. The molecular formula is C17H20N4O. The third-order valence-corrected chi connectivity index (χ3v) is 3.92. The van der Waals surface area contributed by atoms with Gasteiger partial charge in [-0.3, -0.25) is 4.79 Å². The van der Waals surface area contributed by atoms with Crippen molar-refractivity contribution in [2.45, 2.75) is 38.6 Å². The lowest BCUT2D eigenvalue weighted by Crippen LogP contribution is -2.18. The number of nitrogens with zero attached hydrogens (tertiary/aromatic N) is 2. The molecule has 5 nitrogen and oxygen atoms in total. The van der Waals surface area contributed by atoms with E-state index in [2.05, 4.69) is 20.6 Å². The Morgan fingerprint density at radius 1 is 1.14 bits per heavy atom. The lowest BCUT2D eigenvalue weighted by Gasteiger charge is -2.12. The number of carbonyl (C=O) groups is 1. The Morgan fingerprint density at radius 2 is 1.86 bits per heavy atom. The highest BCUT2D eigenvalue weighted by atomic mass is 16.1. The topological polar surface area (TPSA) is 66.9 Å². The van der Waals surface area contributed by atoms with Crippen LogP contribution in [0.4, 0.5) is 11.5 Å². The summed E-state index contributed by atoms with van der Waals surface area (Å²) in [5.74, 6) is 0.497. The van der Waals surface area contributed by atoms with Crippen molar-refractivity contribution < 1.29 is 4.79 Å². The maximum Gasteiger partial charge on any atom is 0.274 e. The van der Waals surface area contributed by atoms with E-state index in [0.29, 0.717) is 11.7 Å². The summed E-state index contributed by atoms with van der Waals surface area (Å²) in [5, 5.41) is 6.23. The smallest absolute Gasteiger partial charge is 0.274 e. The Kier molecular flexibility index (Phi) is 4.32. The molecule has 5 heteroatoms. The van der Waals surface area contributed by atoms with Crippen molar-refractivity contribution in [2.75, 3.05) is 10.6 Å². The number of hydrogen-bond donors (Lipinski definition) is 2. The van der Waals surface area contributed by atoms with Crippen molar-refractivity contribution in [1.82, 2.24) is 9.97 Å². The molecule has 1 aliphatic rings.